The van der Waals surface area contributed by atoms with Crippen LogP contribution >= 0.6 is 0 Å². The number of hydrogen-bond donors (Lipinski definition) is 3. The van der Waals surface area contributed by atoms with Gasteiger partial charge in [0, 0.05) is 24.7 Å². The zero-order valence-electron chi connectivity index (χ0n) is 12.8. The minimum Gasteiger partial charge on any atom is -0.491 e. The first-order valence-electron chi connectivity index (χ1n) is 8.30. The molecule has 0 radical (unpaired) electrons. The van der Waals surface area contributed by atoms with E-state index in [2.05, 4.69) is 16.0 Å². The van der Waals surface area contributed by atoms with Crippen LogP contribution in [0.3, 0.4) is 0 Å². The molecule has 22 heavy (non-hydrogen) atoms. The second-order valence-corrected chi connectivity index (χ2v) is 6.58. The SMILES string of the molecule is O=C(NC12CCCC1NCC2)c1cccc2c1OCCNC2. The number of hydrogen-bond acceptors (Lipinski definition) is 4. The molecule has 3 aliphatic rings. The minimum atomic E-state index is -0.0528. The number of rotatable bonds is 2. The molecule has 2 heterocycles. The minimum absolute atomic E-state index is 0.00866. The van der Waals surface area contributed by atoms with Gasteiger partial charge in [-0.25, -0.2) is 0 Å². The number of carbonyl (C=O) groups excluding carboxylic acids is 1. The van der Waals surface area contributed by atoms with Crippen molar-refractivity contribution in [1.29, 1.82) is 0 Å². The topological polar surface area (TPSA) is 62.4 Å². The first-order chi connectivity index (χ1) is 10.8. The molecule has 118 valence electrons. The molecule has 0 aromatic heterocycles. The third-order valence-corrected chi connectivity index (χ3v) is 5.29. The highest BCUT2D eigenvalue weighted by Gasteiger charge is 2.47. The van der Waals surface area contributed by atoms with E-state index in [1.807, 2.05) is 18.2 Å². The van der Waals surface area contributed by atoms with E-state index in [1.54, 1.807) is 0 Å². The standard InChI is InChI=1S/C17H23N3O2/c21-16(20-17-6-2-5-14(17)19-8-7-17)13-4-1-3-12-11-18-9-10-22-15(12)13/h1,3-4,14,18-19H,2,5-11H2,(H,20,21). The van der Waals surface area contributed by atoms with Gasteiger partial charge >= 0.3 is 0 Å². The van der Waals surface area contributed by atoms with Crippen LogP contribution in [0.2, 0.25) is 0 Å². The van der Waals surface area contributed by atoms with Crippen LogP contribution in [-0.2, 0) is 6.54 Å². The van der Waals surface area contributed by atoms with E-state index in [1.165, 1.54) is 6.42 Å². The normalized spacial score (nSPS) is 30.1. The molecule has 5 heteroatoms. The number of para-hydroxylation sites is 1. The van der Waals surface area contributed by atoms with E-state index in [4.69, 9.17) is 4.74 Å². The van der Waals surface area contributed by atoms with Gasteiger partial charge in [-0.15, -0.1) is 0 Å². The van der Waals surface area contributed by atoms with Crippen molar-refractivity contribution in [2.24, 2.45) is 0 Å². The largest absolute Gasteiger partial charge is 0.491 e. The van der Waals surface area contributed by atoms with Gasteiger partial charge < -0.3 is 20.7 Å². The van der Waals surface area contributed by atoms with E-state index in [-0.39, 0.29) is 11.4 Å². The van der Waals surface area contributed by atoms with Gasteiger partial charge in [0.15, 0.2) is 0 Å². The Hall–Kier alpha value is -1.59. The number of benzene rings is 1. The molecule has 1 aliphatic carbocycles. The van der Waals surface area contributed by atoms with Crippen LogP contribution in [0.5, 0.6) is 5.75 Å². The van der Waals surface area contributed by atoms with E-state index in [9.17, 15) is 4.79 Å². The van der Waals surface area contributed by atoms with Gasteiger partial charge in [-0.3, -0.25) is 4.79 Å². The smallest absolute Gasteiger partial charge is 0.255 e. The highest BCUT2D eigenvalue weighted by Crippen LogP contribution is 2.37. The predicted octanol–water partition coefficient (Wildman–Crippen LogP) is 1.18. The number of ether oxygens (including phenoxy) is 1. The molecule has 4 rings (SSSR count). The van der Waals surface area contributed by atoms with Crippen LogP contribution in [0, 0.1) is 0 Å². The Bertz CT molecular complexity index is 577. The number of fused-ring (bicyclic) bond motifs is 2. The molecule has 1 aromatic carbocycles. The van der Waals surface area contributed by atoms with Gasteiger partial charge in [-0.1, -0.05) is 12.1 Å². The molecule has 1 aromatic rings. The summed E-state index contributed by atoms with van der Waals surface area (Å²) in [6.45, 7) is 3.17. The third kappa shape index (κ3) is 2.29. The molecule has 1 saturated heterocycles. The highest BCUT2D eigenvalue weighted by molar-refractivity contribution is 5.98. The van der Waals surface area contributed by atoms with Crippen molar-refractivity contribution >= 4 is 5.91 Å². The van der Waals surface area contributed by atoms with Crippen LogP contribution in [0.25, 0.3) is 0 Å². The molecule has 1 saturated carbocycles. The van der Waals surface area contributed by atoms with Gasteiger partial charge in [-0.2, -0.15) is 0 Å². The number of carbonyl (C=O) groups is 1. The molecular weight excluding hydrogens is 278 g/mol. The lowest BCUT2D eigenvalue weighted by atomic mass is 9.92. The van der Waals surface area contributed by atoms with E-state index in [0.29, 0.717) is 18.2 Å². The fraction of sp³-hybridized carbons (Fsp3) is 0.588. The number of amides is 1. The molecule has 2 atom stereocenters. The van der Waals surface area contributed by atoms with Crippen molar-refractivity contribution in [2.75, 3.05) is 19.7 Å². The Labute approximate surface area is 130 Å². The maximum Gasteiger partial charge on any atom is 0.255 e. The van der Waals surface area contributed by atoms with Crippen molar-refractivity contribution in [3.05, 3.63) is 29.3 Å². The summed E-state index contributed by atoms with van der Waals surface area (Å²) in [6, 6.07) is 6.28. The monoisotopic (exact) mass is 301 g/mol. The molecule has 0 spiro atoms. The van der Waals surface area contributed by atoms with Crippen LogP contribution in [-0.4, -0.2) is 37.2 Å². The van der Waals surface area contributed by atoms with Gasteiger partial charge in [0.05, 0.1) is 11.1 Å². The second-order valence-electron chi connectivity index (χ2n) is 6.58. The Balaban J connectivity index is 1.61. The highest BCUT2D eigenvalue weighted by atomic mass is 16.5. The van der Waals surface area contributed by atoms with Crippen molar-refractivity contribution in [3.8, 4) is 5.75 Å². The molecule has 2 fully saturated rings. The van der Waals surface area contributed by atoms with Gasteiger partial charge in [-0.05, 0) is 38.3 Å². The molecular formula is C17H23N3O2. The van der Waals surface area contributed by atoms with Crippen LogP contribution in [0.15, 0.2) is 18.2 Å². The fourth-order valence-corrected chi connectivity index (χ4v) is 4.17. The maximum absolute atomic E-state index is 12.9. The van der Waals surface area contributed by atoms with Crippen molar-refractivity contribution in [1.82, 2.24) is 16.0 Å². The van der Waals surface area contributed by atoms with Crippen molar-refractivity contribution in [2.45, 2.75) is 43.8 Å². The molecule has 2 unspecified atom stereocenters. The predicted molar refractivity (Wildman–Crippen MR) is 84.1 cm³/mol. The molecule has 3 N–H and O–H groups in total. The molecule has 1 amide bonds. The Morgan fingerprint density at radius 1 is 1.32 bits per heavy atom. The number of nitrogens with one attached hydrogen (secondary N) is 3. The average molecular weight is 301 g/mol. The Morgan fingerprint density at radius 3 is 3.23 bits per heavy atom. The summed E-state index contributed by atoms with van der Waals surface area (Å²) in [7, 11) is 0. The quantitative estimate of drug-likeness (QED) is 0.768. The fourth-order valence-electron chi connectivity index (χ4n) is 4.17. The summed E-state index contributed by atoms with van der Waals surface area (Å²) in [4.78, 5) is 12.9. The molecule has 0 bridgehead atoms. The summed E-state index contributed by atoms with van der Waals surface area (Å²) < 4.78 is 5.84. The summed E-state index contributed by atoms with van der Waals surface area (Å²) in [5, 5.41) is 10.2. The van der Waals surface area contributed by atoms with Crippen molar-refractivity contribution in [3.63, 3.8) is 0 Å². The van der Waals surface area contributed by atoms with Crippen LogP contribution in [0.1, 0.15) is 41.6 Å². The van der Waals surface area contributed by atoms with Gasteiger partial charge in [0.2, 0.25) is 0 Å². The Morgan fingerprint density at radius 2 is 2.27 bits per heavy atom. The van der Waals surface area contributed by atoms with E-state index < -0.39 is 0 Å². The lowest BCUT2D eigenvalue weighted by Gasteiger charge is -2.30. The first kappa shape index (κ1) is 14.0. The third-order valence-electron chi connectivity index (χ3n) is 5.29. The Kier molecular flexibility index (Phi) is 3.54. The summed E-state index contributed by atoms with van der Waals surface area (Å²) in [5.41, 5.74) is 1.69. The summed E-state index contributed by atoms with van der Waals surface area (Å²) in [6.07, 6.45) is 4.45. The zero-order valence-corrected chi connectivity index (χ0v) is 12.8. The average Bonchev–Trinajstić information content (AvgIpc) is 2.97. The van der Waals surface area contributed by atoms with Crippen LogP contribution in [0.4, 0.5) is 0 Å². The first-order valence-corrected chi connectivity index (χ1v) is 8.30. The van der Waals surface area contributed by atoms with Gasteiger partial charge in [0.25, 0.3) is 5.91 Å². The van der Waals surface area contributed by atoms with Gasteiger partial charge in [0.1, 0.15) is 12.4 Å². The summed E-state index contributed by atoms with van der Waals surface area (Å²) in [5.74, 6) is 0.760. The lowest BCUT2D eigenvalue weighted by molar-refractivity contribution is 0.0894. The van der Waals surface area contributed by atoms with Crippen molar-refractivity contribution < 1.29 is 9.53 Å². The van der Waals surface area contributed by atoms with Crippen LogP contribution < -0.4 is 20.7 Å². The zero-order chi connectivity index (χ0) is 15.0. The lowest BCUT2D eigenvalue weighted by Crippen LogP contribution is -2.52. The molecule has 2 aliphatic heterocycles. The second kappa shape index (κ2) is 5.56. The molecule has 5 nitrogen and oxygen atoms in total. The maximum atomic E-state index is 12.9. The van der Waals surface area contributed by atoms with E-state index >= 15 is 0 Å². The summed E-state index contributed by atoms with van der Waals surface area (Å²) >= 11 is 0. The van der Waals surface area contributed by atoms with E-state index in [0.717, 1.165) is 50.2 Å².